The fraction of sp³-hybridized carbons (Fsp3) is 0.273. The fourth-order valence-corrected chi connectivity index (χ4v) is 4.08. The van der Waals surface area contributed by atoms with Crippen LogP contribution in [0.2, 0.25) is 0 Å². The molecule has 4 rings (SSSR count). The third-order valence-corrected chi connectivity index (χ3v) is 5.66. The number of benzene rings is 2. The van der Waals surface area contributed by atoms with Crippen molar-refractivity contribution in [2.45, 2.75) is 37.2 Å². The zero-order valence-electron chi connectivity index (χ0n) is 17.3. The quantitative estimate of drug-likeness (QED) is 0.368. The van der Waals surface area contributed by atoms with Crippen molar-refractivity contribution in [3.63, 3.8) is 0 Å². The van der Waals surface area contributed by atoms with E-state index in [4.69, 9.17) is 9.15 Å². The molecule has 2 aromatic heterocycles. The van der Waals surface area contributed by atoms with Crippen molar-refractivity contribution < 1.29 is 9.15 Å². The average molecular weight is 422 g/mol. The number of ether oxygens (including phenoxy) is 1. The summed E-state index contributed by atoms with van der Waals surface area (Å²) in [5.41, 5.74) is 1.89. The number of nitrogens with zero attached hydrogens (tertiary/aromatic N) is 5. The van der Waals surface area contributed by atoms with E-state index in [2.05, 4.69) is 38.8 Å². The second kappa shape index (κ2) is 8.71. The van der Waals surface area contributed by atoms with Crippen LogP contribution < -0.4 is 4.74 Å². The van der Waals surface area contributed by atoms with Gasteiger partial charge in [0.05, 0.1) is 12.4 Å². The molecule has 0 unspecified atom stereocenters. The maximum absolute atomic E-state index is 5.91. The van der Waals surface area contributed by atoms with Gasteiger partial charge in [0.1, 0.15) is 5.75 Å². The molecule has 0 bridgehead atoms. The summed E-state index contributed by atoms with van der Waals surface area (Å²) in [5, 5.41) is 18.1. The Morgan fingerprint density at radius 2 is 1.60 bits per heavy atom. The molecule has 0 amide bonds. The Hall–Kier alpha value is -3.13. The molecule has 30 heavy (non-hydrogen) atoms. The Kier molecular flexibility index (Phi) is 5.85. The highest BCUT2D eigenvalue weighted by Crippen LogP contribution is 2.37. The first-order chi connectivity index (χ1) is 14.6. The van der Waals surface area contributed by atoms with E-state index in [-0.39, 0.29) is 11.3 Å². The highest BCUT2D eigenvalue weighted by molar-refractivity contribution is 7.99. The van der Waals surface area contributed by atoms with Crippen LogP contribution >= 0.6 is 11.8 Å². The van der Waals surface area contributed by atoms with Crippen LogP contribution in [0.3, 0.4) is 0 Å². The molecule has 1 atom stereocenters. The number of thioether (sulfide) groups is 1. The molecule has 0 N–H and O–H groups in total. The second-order valence-corrected chi connectivity index (χ2v) is 8.38. The first-order valence-electron chi connectivity index (χ1n) is 9.71. The van der Waals surface area contributed by atoms with Gasteiger partial charge in [-0.15, -0.1) is 20.4 Å². The first kappa shape index (κ1) is 20.2. The van der Waals surface area contributed by atoms with Crippen molar-refractivity contribution >= 4 is 11.8 Å². The molecule has 0 aliphatic rings. The van der Waals surface area contributed by atoms with E-state index >= 15 is 0 Å². The minimum atomic E-state index is -0.0691. The summed E-state index contributed by atoms with van der Waals surface area (Å²) in [6.07, 6.45) is 0. The first-order valence-corrected chi connectivity index (χ1v) is 10.6. The minimum Gasteiger partial charge on any atom is -0.497 e. The van der Waals surface area contributed by atoms with Crippen molar-refractivity contribution in [2.24, 2.45) is 0 Å². The number of hydrogen-bond donors (Lipinski definition) is 0. The Morgan fingerprint density at radius 1 is 0.867 bits per heavy atom. The molecular formula is C22H23N5O2S. The Bertz CT molecular complexity index is 1110. The summed E-state index contributed by atoms with van der Waals surface area (Å²) in [7, 11) is 1.66. The maximum atomic E-state index is 5.91. The monoisotopic (exact) mass is 421 g/mol. The molecule has 0 aliphatic heterocycles. The van der Waals surface area contributed by atoms with Crippen LogP contribution in [0.25, 0.3) is 22.8 Å². The summed E-state index contributed by atoms with van der Waals surface area (Å²) in [5.74, 6) is 2.70. The van der Waals surface area contributed by atoms with Crippen molar-refractivity contribution in [3.05, 3.63) is 60.5 Å². The Balaban J connectivity index is 1.58. The maximum Gasteiger partial charge on any atom is 0.247 e. The molecule has 0 saturated carbocycles. The largest absolute Gasteiger partial charge is 0.497 e. The van der Waals surface area contributed by atoms with Gasteiger partial charge in [-0.3, -0.25) is 4.57 Å². The van der Waals surface area contributed by atoms with Gasteiger partial charge in [-0.05, 0) is 57.2 Å². The van der Waals surface area contributed by atoms with Gasteiger partial charge >= 0.3 is 0 Å². The van der Waals surface area contributed by atoms with Gasteiger partial charge < -0.3 is 9.15 Å². The predicted octanol–water partition coefficient (Wildman–Crippen LogP) is 5.44. The van der Waals surface area contributed by atoms with E-state index in [1.807, 2.05) is 61.5 Å². The molecule has 2 heterocycles. The lowest BCUT2D eigenvalue weighted by molar-refractivity contribution is 0.415. The zero-order chi connectivity index (χ0) is 21.1. The van der Waals surface area contributed by atoms with E-state index in [0.29, 0.717) is 11.8 Å². The molecule has 2 aromatic carbocycles. The summed E-state index contributed by atoms with van der Waals surface area (Å²) in [4.78, 5) is 0. The van der Waals surface area contributed by atoms with Crippen LogP contribution in [0.5, 0.6) is 5.75 Å². The molecular weight excluding hydrogens is 398 g/mol. The molecule has 4 aromatic rings. The Labute approximate surface area is 179 Å². The van der Waals surface area contributed by atoms with Crippen LogP contribution in [0, 0.1) is 0 Å². The van der Waals surface area contributed by atoms with E-state index in [0.717, 1.165) is 27.9 Å². The van der Waals surface area contributed by atoms with Gasteiger partial charge in [0.25, 0.3) is 0 Å². The second-order valence-electron chi connectivity index (χ2n) is 7.07. The van der Waals surface area contributed by atoms with Gasteiger partial charge in [0, 0.05) is 17.2 Å². The minimum absolute atomic E-state index is 0.0691. The highest BCUT2D eigenvalue weighted by Gasteiger charge is 2.22. The van der Waals surface area contributed by atoms with Crippen LogP contribution in [-0.4, -0.2) is 32.1 Å². The van der Waals surface area contributed by atoms with Crippen LogP contribution in [0.1, 0.15) is 38.0 Å². The van der Waals surface area contributed by atoms with Gasteiger partial charge in [0.2, 0.25) is 11.8 Å². The average Bonchev–Trinajstić information content (AvgIpc) is 3.42. The van der Waals surface area contributed by atoms with Gasteiger partial charge in [0.15, 0.2) is 11.0 Å². The molecule has 0 saturated heterocycles. The lowest BCUT2D eigenvalue weighted by Crippen LogP contribution is -2.06. The van der Waals surface area contributed by atoms with Gasteiger partial charge in [-0.2, -0.15) is 0 Å². The van der Waals surface area contributed by atoms with Crippen molar-refractivity contribution in [2.75, 3.05) is 7.11 Å². The van der Waals surface area contributed by atoms with Crippen molar-refractivity contribution in [1.29, 1.82) is 0 Å². The van der Waals surface area contributed by atoms with E-state index in [1.165, 1.54) is 0 Å². The lowest BCUT2D eigenvalue weighted by atomic mass is 10.2. The van der Waals surface area contributed by atoms with Crippen LogP contribution in [0.4, 0.5) is 0 Å². The number of rotatable bonds is 7. The summed E-state index contributed by atoms with van der Waals surface area (Å²) < 4.78 is 13.3. The lowest BCUT2D eigenvalue weighted by Gasteiger charge is -2.15. The number of aromatic nitrogens is 5. The smallest absolute Gasteiger partial charge is 0.247 e. The number of hydrogen-bond acceptors (Lipinski definition) is 7. The molecule has 0 spiro atoms. The molecule has 0 fully saturated rings. The van der Waals surface area contributed by atoms with E-state index < -0.39 is 0 Å². The normalized spacial score (nSPS) is 12.3. The molecule has 7 nitrogen and oxygen atoms in total. The SMILES string of the molecule is COc1ccc(-c2nnc(S[C@@H](C)c3nnc(-c4ccccc4)o3)n2C(C)C)cc1. The predicted molar refractivity (Wildman–Crippen MR) is 116 cm³/mol. The van der Waals surface area contributed by atoms with Gasteiger partial charge in [-0.1, -0.05) is 30.0 Å². The summed E-state index contributed by atoms with van der Waals surface area (Å²) in [6, 6.07) is 17.8. The summed E-state index contributed by atoms with van der Waals surface area (Å²) >= 11 is 1.55. The van der Waals surface area contributed by atoms with E-state index in [1.54, 1.807) is 18.9 Å². The zero-order valence-corrected chi connectivity index (χ0v) is 18.1. The molecule has 8 heteroatoms. The van der Waals surface area contributed by atoms with Crippen molar-refractivity contribution in [1.82, 2.24) is 25.0 Å². The fourth-order valence-electron chi connectivity index (χ4n) is 3.06. The highest BCUT2D eigenvalue weighted by atomic mass is 32.2. The van der Waals surface area contributed by atoms with E-state index in [9.17, 15) is 0 Å². The Morgan fingerprint density at radius 3 is 2.27 bits per heavy atom. The van der Waals surface area contributed by atoms with Crippen molar-refractivity contribution in [3.8, 4) is 28.6 Å². The topological polar surface area (TPSA) is 78.9 Å². The number of methoxy groups -OCH3 is 1. The van der Waals surface area contributed by atoms with Crippen LogP contribution in [-0.2, 0) is 0 Å². The third-order valence-electron chi connectivity index (χ3n) is 4.62. The third kappa shape index (κ3) is 4.09. The van der Waals surface area contributed by atoms with Crippen LogP contribution in [0.15, 0.2) is 64.2 Å². The molecule has 0 radical (unpaired) electrons. The molecule has 154 valence electrons. The standard InChI is InChI=1S/C22H23N5O2S/c1-14(2)27-19(16-10-12-18(28-4)13-11-16)23-26-22(27)30-15(3)20-24-25-21(29-20)17-8-6-5-7-9-17/h5-15H,1-4H3/t15-/m0/s1. The van der Waals surface area contributed by atoms with Gasteiger partial charge in [-0.25, -0.2) is 0 Å². The molecule has 0 aliphatic carbocycles. The summed E-state index contributed by atoms with van der Waals surface area (Å²) in [6.45, 7) is 6.26.